The molecule has 1 N–H and O–H groups in total. The van der Waals surface area contributed by atoms with Gasteiger partial charge >= 0.3 is 42.0 Å². The number of hydrogen-bond acceptors (Lipinski definition) is 16. The van der Waals surface area contributed by atoms with Crippen molar-refractivity contribution in [3.63, 3.8) is 0 Å². The lowest BCUT2D eigenvalue weighted by molar-refractivity contribution is -0.226. The Labute approximate surface area is 582 Å². The number of aliphatic hydroxyl groups is 1. The van der Waals surface area contributed by atoms with Crippen LogP contribution in [0.15, 0.2) is 112 Å². The van der Waals surface area contributed by atoms with Gasteiger partial charge in [-0.1, -0.05) is 70.7 Å². The predicted octanol–water partition coefficient (Wildman–Crippen LogP) is 16.1. The monoisotopic (exact) mass is 1410 g/mol. The van der Waals surface area contributed by atoms with Gasteiger partial charge in [-0.25, -0.2) is 8.42 Å². The molecule has 1 saturated heterocycles. The van der Waals surface area contributed by atoms with Crippen LogP contribution in [0.5, 0.6) is 5.75 Å². The van der Waals surface area contributed by atoms with Gasteiger partial charge in [0.05, 0.1) is 65.9 Å². The fourth-order valence-corrected chi connectivity index (χ4v) is 17.8. The Morgan fingerprint density at radius 2 is 1.06 bits per heavy atom. The first kappa shape index (κ1) is 79.6. The molecule has 13 rings (SSSR count). The van der Waals surface area contributed by atoms with E-state index >= 15 is 0 Å². The molecule has 0 amide bonds. The molecule has 1 aliphatic heterocycles. The van der Waals surface area contributed by atoms with Crippen molar-refractivity contribution in [1.29, 1.82) is 0 Å². The second-order valence-electron chi connectivity index (χ2n) is 31.6. The molecule has 98 heavy (non-hydrogen) atoms. The summed E-state index contributed by atoms with van der Waals surface area (Å²) < 4.78 is 102. The molecule has 3 aromatic rings. The molecule has 3 aromatic carbocycles. The standard InChI is InChI=1S/C24H25O2S.C16H26O3.C14H19F3O5S.C13H22O2.C10H16O4/c1-4-24(2,3)23(25)26-19-15-17-22(18-16-19)27(20-11-7-5-8-12-20)21-13-9-6-10-14-21;1-4-14(2,3)13(17)19-16-8-11-5-12(9-16)7-15(18,6-11)10-16;15-14(16,17)11(7-23(19,20)21)22-12(18)13-4-8-1-9(5-13)3-10(2-8)6-13;1-5-12(3,4)11(14)15-13(6-2)9-7-8-10-13;1-4-10(2,3)9(12)14-7-5-8(11)13-6-7/h5-18H,4H2,1-3H3;11-12,18H,4-10H2,1-3H3;8-11H,1-7H2,(H,19,20,21);6H,2,5,7-10H2,1,3-4H3;7H,4-6H2,1-3H3/q+1;;;;/p-1. The van der Waals surface area contributed by atoms with Crippen LogP contribution < -0.4 is 4.74 Å². The summed E-state index contributed by atoms with van der Waals surface area (Å²) in [6.45, 7) is 27.2. The van der Waals surface area contributed by atoms with Crippen LogP contribution >= 0.6 is 0 Å². The van der Waals surface area contributed by atoms with Crippen LogP contribution in [0.2, 0.25) is 0 Å². The molecule has 0 aromatic heterocycles. The van der Waals surface area contributed by atoms with Crippen molar-refractivity contribution in [2.45, 2.75) is 268 Å². The number of ether oxygens (including phenoxy) is 6. The number of hydrogen-bond donors (Lipinski definition) is 1. The Hall–Kier alpha value is -5.77. The number of cyclic esters (lactones) is 1. The lowest BCUT2D eigenvalue weighted by atomic mass is 9.49. The van der Waals surface area contributed by atoms with Crippen LogP contribution in [0.25, 0.3) is 0 Å². The quantitative estimate of drug-likeness (QED) is 0.0276. The zero-order chi connectivity index (χ0) is 72.5. The van der Waals surface area contributed by atoms with Crippen LogP contribution in [-0.2, 0) is 73.5 Å². The lowest BCUT2D eigenvalue weighted by Gasteiger charge is -2.59. The van der Waals surface area contributed by atoms with Gasteiger partial charge in [0.25, 0.3) is 0 Å². The third kappa shape index (κ3) is 20.9. The predicted molar refractivity (Wildman–Crippen MR) is 366 cm³/mol. The molecule has 9 aliphatic carbocycles. The summed E-state index contributed by atoms with van der Waals surface area (Å²) in [7, 11) is -5.35. The highest BCUT2D eigenvalue weighted by Gasteiger charge is 2.60. The van der Waals surface area contributed by atoms with Gasteiger partial charge in [-0.15, -0.1) is 0 Å². The summed E-state index contributed by atoms with van der Waals surface area (Å²) in [6.07, 6.45) is 11.0. The molecule has 4 unspecified atom stereocenters. The van der Waals surface area contributed by atoms with Gasteiger partial charge in [0.15, 0.2) is 14.7 Å². The van der Waals surface area contributed by atoms with Crippen LogP contribution in [0, 0.1) is 56.7 Å². The van der Waals surface area contributed by atoms with E-state index < -0.39 is 61.4 Å². The van der Waals surface area contributed by atoms with E-state index in [2.05, 4.69) is 72.0 Å². The average Bonchev–Trinajstić information content (AvgIpc) is 0.759. The topological polar surface area (TPSA) is 235 Å². The maximum Gasteiger partial charge on any atom is 0.426 e. The SMILES string of the molecule is C=CC1(OC(=O)C(C)(C)CC)CCCC1.CCC(C)(C)C(=O)OC12CC3CC(CC(O)(C3)C1)C2.CCC(C)(C)C(=O)OC1COC(=O)C1.CCC(C)(C)C(=O)Oc1ccc([S+](c2ccccc2)c2ccccc2)cc1.O=C(OC(CS(=O)(=O)[O-])C(F)(F)F)C12CC3CC(CC(C3)C1)C2. The van der Waals surface area contributed by atoms with Gasteiger partial charge in [-0.05, 0) is 262 Å². The Balaban J connectivity index is 0.000000176. The Morgan fingerprint density at radius 3 is 1.47 bits per heavy atom. The number of alkyl halides is 3. The van der Waals surface area contributed by atoms with E-state index in [1.807, 2.05) is 113 Å². The molecule has 544 valence electrons. The van der Waals surface area contributed by atoms with Gasteiger partial charge in [0.1, 0.15) is 29.7 Å². The average molecular weight is 1410 g/mol. The molecule has 16 nitrogen and oxygen atoms in total. The van der Waals surface area contributed by atoms with Crippen molar-refractivity contribution in [2.24, 2.45) is 56.7 Å². The summed E-state index contributed by atoms with van der Waals surface area (Å²) in [6, 6.07) is 28.9. The van der Waals surface area contributed by atoms with Gasteiger partial charge < -0.3 is 38.1 Å². The van der Waals surface area contributed by atoms with Crippen molar-refractivity contribution in [3.05, 3.63) is 97.6 Å². The first-order chi connectivity index (χ1) is 45.6. The summed E-state index contributed by atoms with van der Waals surface area (Å²) >= 11 is 0. The van der Waals surface area contributed by atoms with Gasteiger partial charge in [-0.3, -0.25) is 28.8 Å². The van der Waals surface area contributed by atoms with E-state index in [0.29, 0.717) is 67.4 Å². The Kier molecular flexibility index (Phi) is 26.0. The zero-order valence-electron chi connectivity index (χ0n) is 59.7. The van der Waals surface area contributed by atoms with E-state index in [0.717, 1.165) is 89.9 Å². The summed E-state index contributed by atoms with van der Waals surface area (Å²) in [5, 5.41) is 10.6. The molecule has 10 aliphatic rings. The molecule has 10 fully saturated rings. The second kappa shape index (κ2) is 32.1. The minimum atomic E-state index is -5.16. The molecule has 8 bridgehead atoms. The summed E-state index contributed by atoms with van der Waals surface area (Å²) in [4.78, 5) is 75.1. The summed E-state index contributed by atoms with van der Waals surface area (Å²) in [5.41, 5.74) is -3.95. The van der Waals surface area contributed by atoms with Crippen molar-refractivity contribution in [1.82, 2.24) is 0 Å². The minimum absolute atomic E-state index is 0.0828. The molecule has 9 saturated carbocycles. The third-order valence-electron chi connectivity index (χ3n) is 21.9. The minimum Gasteiger partial charge on any atom is -0.748 e. The molecular weight excluding hydrogens is 1300 g/mol. The normalized spacial score (nSPS) is 26.8. The second-order valence-corrected chi connectivity index (χ2v) is 35.1. The smallest absolute Gasteiger partial charge is 0.426 e. The van der Waals surface area contributed by atoms with Crippen LogP contribution in [0.4, 0.5) is 13.2 Å². The maximum absolute atomic E-state index is 12.9. The first-order valence-electron chi connectivity index (χ1n) is 35.2. The van der Waals surface area contributed by atoms with Crippen molar-refractivity contribution >= 4 is 56.8 Å². The van der Waals surface area contributed by atoms with E-state index in [1.165, 1.54) is 21.1 Å². The van der Waals surface area contributed by atoms with E-state index in [-0.39, 0.29) is 76.5 Å². The van der Waals surface area contributed by atoms with E-state index in [1.54, 1.807) is 0 Å². The Bertz CT molecular complexity index is 3250. The summed E-state index contributed by atoms with van der Waals surface area (Å²) in [5.74, 6) is -0.959. The van der Waals surface area contributed by atoms with Gasteiger partial charge in [0.2, 0.25) is 6.10 Å². The largest absolute Gasteiger partial charge is 0.748 e. The molecule has 4 atom stereocenters. The van der Waals surface area contributed by atoms with Crippen LogP contribution in [-0.4, -0.2) is 101 Å². The molecule has 0 radical (unpaired) electrons. The first-order valence-corrected chi connectivity index (χ1v) is 38.0. The molecule has 21 heteroatoms. The van der Waals surface area contributed by atoms with Crippen molar-refractivity contribution < 1.29 is 88.4 Å². The van der Waals surface area contributed by atoms with E-state index in [4.69, 9.17) is 23.7 Å². The van der Waals surface area contributed by atoms with Gasteiger partial charge in [-0.2, -0.15) is 13.2 Å². The van der Waals surface area contributed by atoms with Crippen molar-refractivity contribution in [2.75, 3.05) is 12.4 Å². The maximum atomic E-state index is 12.9. The zero-order valence-corrected chi connectivity index (χ0v) is 61.3. The molecule has 1 heterocycles. The number of carbonyl (C=O) groups is 6. The highest BCUT2D eigenvalue weighted by molar-refractivity contribution is 7.97. The highest BCUT2D eigenvalue weighted by atomic mass is 32.2. The molecular formula is C77H107F3O16S2. The fourth-order valence-electron chi connectivity index (χ4n) is 15.1. The lowest BCUT2D eigenvalue weighted by Crippen LogP contribution is -2.61. The van der Waals surface area contributed by atoms with Crippen molar-refractivity contribution in [3.8, 4) is 5.75 Å². The number of carbonyl (C=O) groups excluding carboxylic acids is 6. The third-order valence-corrected chi connectivity index (χ3v) is 24.9. The van der Waals surface area contributed by atoms with Gasteiger partial charge in [0, 0.05) is 6.42 Å². The number of rotatable bonds is 20. The number of esters is 6. The van der Waals surface area contributed by atoms with Crippen LogP contribution in [0.3, 0.4) is 0 Å². The van der Waals surface area contributed by atoms with E-state index in [9.17, 15) is 60.0 Å². The molecule has 0 spiro atoms. The Morgan fingerprint density at radius 1 is 0.633 bits per heavy atom. The number of benzene rings is 3. The van der Waals surface area contributed by atoms with Crippen LogP contribution in [0.1, 0.15) is 218 Å². The number of halogens is 3. The highest BCUT2D eigenvalue weighted by Crippen LogP contribution is 2.61. The fraction of sp³-hybridized carbons (Fsp3) is 0.662.